The Morgan fingerprint density at radius 2 is 2.29 bits per heavy atom. The fraction of sp³-hybridized carbons (Fsp3) is 0.100. The Balaban J connectivity index is 2.36. The van der Waals surface area contributed by atoms with E-state index in [0.29, 0.717) is 0 Å². The first-order valence-corrected chi connectivity index (χ1v) is 7.75. The molecule has 14 heavy (non-hydrogen) atoms. The number of hydrogen-bond donors (Lipinski definition) is 1. The van der Waals surface area contributed by atoms with Crippen molar-refractivity contribution in [2.45, 2.75) is 4.43 Å². The molecule has 0 bridgehead atoms. The molecule has 0 aliphatic carbocycles. The molecular weight excluding hydrogens is 307 g/mol. The van der Waals surface area contributed by atoms with Gasteiger partial charge in [0.05, 0.1) is 0 Å². The van der Waals surface area contributed by atoms with Crippen LogP contribution in [0.15, 0.2) is 28.6 Å². The Morgan fingerprint density at radius 3 is 3.21 bits per heavy atom. The maximum atomic E-state index is 5.77. The molecule has 0 atom stereocenters. The Hall–Kier alpha value is -0.620. The number of benzene rings is 1. The fourth-order valence-electron chi connectivity index (χ4n) is 1.62. The van der Waals surface area contributed by atoms with E-state index in [1.807, 2.05) is 0 Å². The molecule has 0 saturated carbocycles. The molecule has 2 aromatic rings. The van der Waals surface area contributed by atoms with Crippen molar-refractivity contribution in [1.82, 2.24) is 0 Å². The summed E-state index contributed by atoms with van der Waals surface area (Å²) in [5.74, 6) is 0. The van der Waals surface area contributed by atoms with Gasteiger partial charge < -0.3 is 0 Å². The number of amidine groups is 1. The first kappa shape index (κ1) is 8.67. The zero-order valence-corrected chi connectivity index (χ0v) is 10.3. The van der Waals surface area contributed by atoms with Gasteiger partial charge in [-0.3, -0.25) is 0 Å². The van der Waals surface area contributed by atoms with E-state index in [1.54, 1.807) is 11.3 Å². The summed E-state index contributed by atoms with van der Waals surface area (Å²) in [5, 5.41) is 3.52. The van der Waals surface area contributed by atoms with Crippen molar-refractivity contribution < 1.29 is 21.2 Å². The quantitative estimate of drug-likeness (QED) is 0.395. The molecule has 2 heterocycles. The molecular formula is C10H8IN2S-. The number of aliphatic imine (C=N–C) groups is 1. The molecule has 0 amide bonds. The minimum absolute atomic E-state index is 0.0603. The molecule has 2 N–H and O–H groups in total. The number of alkyl halides is 1. The van der Waals surface area contributed by atoms with Crippen molar-refractivity contribution in [3.63, 3.8) is 0 Å². The number of fused-ring (bicyclic) bond motifs is 3. The minimum atomic E-state index is -0.0603. The van der Waals surface area contributed by atoms with Gasteiger partial charge in [0.25, 0.3) is 0 Å². The average Bonchev–Trinajstić information content (AvgIpc) is 2.65. The molecule has 1 aliphatic rings. The van der Waals surface area contributed by atoms with Crippen LogP contribution >= 0.6 is 11.3 Å². The molecule has 1 aromatic heterocycles. The van der Waals surface area contributed by atoms with E-state index in [-0.39, 0.29) is 21.2 Å². The van der Waals surface area contributed by atoms with Gasteiger partial charge in [0.15, 0.2) is 0 Å². The molecule has 0 unspecified atom stereocenters. The van der Waals surface area contributed by atoms with E-state index in [0.717, 1.165) is 14.0 Å². The monoisotopic (exact) mass is 315 g/mol. The van der Waals surface area contributed by atoms with Gasteiger partial charge in [-0.15, -0.1) is 0 Å². The van der Waals surface area contributed by atoms with E-state index in [1.165, 1.54) is 15.6 Å². The van der Waals surface area contributed by atoms with Gasteiger partial charge in [-0.1, -0.05) is 0 Å². The van der Waals surface area contributed by atoms with Gasteiger partial charge in [-0.2, -0.15) is 0 Å². The Labute approximate surface area is 96.1 Å². The van der Waals surface area contributed by atoms with Gasteiger partial charge in [-0.25, -0.2) is 0 Å². The molecule has 0 fully saturated rings. The maximum absolute atomic E-state index is 5.77. The van der Waals surface area contributed by atoms with Crippen molar-refractivity contribution in [1.29, 1.82) is 0 Å². The summed E-state index contributed by atoms with van der Waals surface area (Å²) in [6.45, 7) is 0. The molecule has 4 heteroatoms. The van der Waals surface area contributed by atoms with Crippen LogP contribution in [0.25, 0.3) is 10.1 Å². The summed E-state index contributed by atoms with van der Waals surface area (Å²) in [4.78, 5) is 4.42. The predicted molar refractivity (Wildman–Crippen MR) is 56.8 cm³/mol. The van der Waals surface area contributed by atoms with Crippen LogP contribution in [0.3, 0.4) is 0 Å². The van der Waals surface area contributed by atoms with Gasteiger partial charge in [0.2, 0.25) is 0 Å². The molecule has 1 aliphatic heterocycles. The van der Waals surface area contributed by atoms with Crippen LogP contribution in [0.5, 0.6) is 0 Å². The molecule has 0 radical (unpaired) electrons. The van der Waals surface area contributed by atoms with Gasteiger partial charge in [0.1, 0.15) is 0 Å². The van der Waals surface area contributed by atoms with Gasteiger partial charge in [-0.05, 0) is 0 Å². The van der Waals surface area contributed by atoms with Crippen LogP contribution in [0.2, 0.25) is 0 Å². The number of rotatable bonds is 0. The molecule has 2 nitrogen and oxygen atoms in total. The molecule has 72 valence electrons. The van der Waals surface area contributed by atoms with E-state index >= 15 is 0 Å². The normalized spacial score (nSPS) is 15.9. The fourth-order valence-corrected chi connectivity index (χ4v) is 4.44. The number of hydrogen-bond acceptors (Lipinski definition) is 3. The third kappa shape index (κ3) is 1.25. The topological polar surface area (TPSA) is 38.4 Å². The zero-order chi connectivity index (χ0) is 9.54. The van der Waals surface area contributed by atoms with Crippen molar-refractivity contribution >= 4 is 31.0 Å². The second kappa shape index (κ2) is 3.20. The van der Waals surface area contributed by atoms with Gasteiger partial charge >= 0.3 is 96.5 Å². The van der Waals surface area contributed by atoms with Crippen molar-refractivity contribution in [2.75, 3.05) is 0 Å². The summed E-state index contributed by atoms with van der Waals surface area (Å²) in [7, 11) is 0. The third-order valence-corrected chi connectivity index (χ3v) is 5.34. The predicted octanol–water partition coefficient (Wildman–Crippen LogP) is -0.550. The SMILES string of the molecule is NC1=Nc2ccc3sccc3c2C[I-]1. The Kier molecular flexibility index (Phi) is 1.98. The molecule has 0 saturated heterocycles. The van der Waals surface area contributed by atoms with Crippen LogP contribution in [-0.4, -0.2) is 3.84 Å². The van der Waals surface area contributed by atoms with Crippen LogP contribution in [-0.2, 0) is 4.43 Å². The van der Waals surface area contributed by atoms with Crippen LogP contribution in [0.1, 0.15) is 5.56 Å². The average molecular weight is 315 g/mol. The van der Waals surface area contributed by atoms with Crippen molar-refractivity contribution in [2.24, 2.45) is 10.7 Å². The van der Waals surface area contributed by atoms with Crippen LogP contribution in [0, 0.1) is 0 Å². The Morgan fingerprint density at radius 1 is 1.36 bits per heavy atom. The third-order valence-electron chi connectivity index (χ3n) is 2.29. The molecule has 3 rings (SSSR count). The number of halogens is 1. The van der Waals surface area contributed by atoms with E-state index < -0.39 is 0 Å². The summed E-state index contributed by atoms with van der Waals surface area (Å²) in [5.41, 5.74) is 8.26. The summed E-state index contributed by atoms with van der Waals surface area (Å²) < 4.78 is 3.37. The molecule has 1 aromatic carbocycles. The van der Waals surface area contributed by atoms with Crippen molar-refractivity contribution in [3.8, 4) is 0 Å². The number of nitrogens with two attached hydrogens (primary N) is 1. The standard InChI is InChI=1S/C10H8IN2S/c12-10-11-5-7-6-3-4-14-9(6)2-1-8(7)13-10/h1-4H,5H2,(H2,12,13)/q-1. The van der Waals surface area contributed by atoms with E-state index in [9.17, 15) is 0 Å². The number of thiophene rings is 1. The Bertz CT molecular complexity index is 530. The first-order chi connectivity index (χ1) is 6.84. The summed E-state index contributed by atoms with van der Waals surface area (Å²) in [6.07, 6.45) is 0. The van der Waals surface area contributed by atoms with Crippen LogP contribution in [0.4, 0.5) is 5.69 Å². The summed E-state index contributed by atoms with van der Waals surface area (Å²) >= 11 is 1.73. The van der Waals surface area contributed by atoms with E-state index in [2.05, 4.69) is 28.6 Å². The van der Waals surface area contributed by atoms with E-state index in [4.69, 9.17) is 5.73 Å². The summed E-state index contributed by atoms with van der Waals surface area (Å²) in [6, 6.07) is 6.42. The second-order valence-electron chi connectivity index (χ2n) is 3.10. The van der Waals surface area contributed by atoms with Crippen molar-refractivity contribution in [3.05, 3.63) is 29.1 Å². The van der Waals surface area contributed by atoms with Crippen LogP contribution < -0.4 is 26.9 Å². The van der Waals surface area contributed by atoms with Gasteiger partial charge in [0, 0.05) is 0 Å². The zero-order valence-electron chi connectivity index (χ0n) is 7.33. The number of nitrogens with zero attached hydrogens (tertiary/aromatic N) is 1. The first-order valence-electron chi connectivity index (χ1n) is 4.27. The second-order valence-corrected chi connectivity index (χ2v) is 6.68. The molecule has 0 spiro atoms.